The van der Waals surface area contributed by atoms with Crippen molar-refractivity contribution in [3.8, 4) is 0 Å². The number of carbonyl (C=O) groups is 2. The average molecular weight is 531 g/mol. The third-order valence-electron chi connectivity index (χ3n) is 14.3. The van der Waals surface area contributed by atoms with E-state index in [1.807, 2.05) is 0 Å². The average Bonchev–Trinajstić information content (AvgIpc) is 3.26. The van der Waals surface area contributed by atoms with E-state index >= 15 is 0 Å². The molecular formula is C33H54O5. The SMILES string of the molecule is COC(=O)COC(=O)[C@]12CC[C@@H](C(C)C)C1C1CCC3[C@@]4(C)CC[C@H](O)C(C)(C)C4CC[C@@]3(C)[C@]1(C)CC2. The molecule has 0 heterocycles. The molecule has 1 N–H and O–H groups in total. The molecule has 0 saturated heterocycles. The summed E-state index contributed by atoms with van der Waals surface area (Å²) in [6.07, 6.45) is 10.6. The molecule has 0 spiro atoms. The number of hydrogen-bond acceptors (Lipinski definition) is 5. The number of rotatable bonds is 4. The Morgan fingerprint density at radius 1 is 0.842 bits per heavy atom. The Kier molecular flexibility index (Phi) is 6.89. The molecule has 5 saturated carbocycles. The first-order valence-electron chi connectivity index (χ1n) is 15.6. The van der Waals surface area contributed by atoms with Crippen LogP contribution in [0.4, 0.5) is 0 Å². The van der Waals surface area contributed by atoms with Crippen molar-refractivity contribution in [1.29, 1.82) is 0 Å². The van der Waals surface area contributed by atoms with Crippen molar-refractivity contribution >= 4 is 11.9 Å². The van der Waals surface area contributed by atoms with Gasteiger partial charge in [-0.25, -0.2) is 4.79 Å². The zero-order chi connectivity index (χ0) is 27.9. The monoisotopic (exact) mass is 530 g/mol. The Morgan fingerprint density at radius 2 is 1.55 bits per heavy atom. The number of ether oxygens (including phenoxy) is 2. The van der Waals surface area contributed by atoms with E-state index in [0.29, 0.717) is 35.5 Å². The summed E-state index contributed by atoms with van der Waals surface area (Å²) in [5.41, 5.74) is 0.161. The highest BCUT2D eigenvalue weighted by molar-refractivity contribution is 5.81. The van der Waals surface area contributed by atoms with Gasteiger partial charge in [0.15, 0.2) is 6.61 Å². The number of fused-ring (bicyclic) bond motifs is 7. The van der Waals surface area contributed by atoms with Crippen LogP contribution in [0.15, 0.2) is 0 Å². The van der Waals surface area contributed by atoms with Crippen LogP contribution in [0.3, 0.4) is 0 Å². The first-order chi connectivity index (χ1) is 17.7. The summed E-state index contributed by atoms with van der Waals surface area (Å²) in [6.45, 7) is 16.8. The summed E-state index contributed by atoms with van der Waals surface area (Å²) >= 11 is 0. The fraction of sp³-hybridized carbons (Fsp3) is 0.939. The normalized spacial score (nSPS) is 49.3. The molecular weight excluding hydrogens is 476 g/mol. The lowest BCUT2D eigenvalue weighted by molar-refractivity contribution is -0.250. The standard InChI is InChI=1S/C33H54O5/c1-20(2)21-11-16-33(28(36)38-19-26(35)37-8)18-17-31(6)22(27(21)33)9-10-24-30(5)14-13-25(34)29(3,4)23(30)12-15-32(24,31)7/h20-25,27,34H,9-19H2,1-8H3/t21-,22?,23?,24?,25-,27?,30-,31+,32+,33-/m0/s1. The fourth-order valence-corrected chi connectivity index (χ4v) is 12.1. The lowest BCUT2D eigenvalue weighted by Crippen LogP contribution is -2.67. The van der Waals surface area contributed by atoms with E-state index in [9.17, 15) is 14.7 Å². The molecule has 0 bridgehead atoms. The van der Waals surface area contributed by atoms with Crippen molar-refractivity contribution in [3.05, 3.63) is 0 Å². The van der Waals surface area contributed by atoms with E-state index in [0.717, 1.165) is 38.5 Å². The van der Waals surface area contributed by atoms with Crippen LogP contribution in [-0.4, -0.2) is 36.9 Å². The van der Waals surface area contributed by atoms with Gasteiger partial charge in [0.25, 0.3) is 0 Å². The topological polar surface area (TPSA) is 72.8 Å². The van der Waals surface area contributed by atoms with Crippen LogP contribution in [-0.2, 0) is 19.1 Å². The van der Waals surface area contributed by atoms with Gasteiger partial charge in [-0.3, -0.25) is 4.79 Å². The number of aliphatic hydroxyl groups excluding tert-OH is 1. The second-order valence-corrected chi connectivity index (χ2v) is 15.8. The molecule has 0 aromatic carbocycles. The minimum atomic E-state index is -0.482. The first-order valence-corrected chi connectivity index (χ1v) is 15.6. The highest BCUT2D eigenvalue weighted by Crippen LogP contribution is 2.77. The molecule has 5 aliphatic rings. The maximum atomic E-state index is 13.8. The zero-order valence-corrected chi connectivity index (χ0v) is 25.4. The van der Waals surface area contributed by atoms with Crippen LogP contribution in [0.25, 0.3) is 0 Å². The number of aliphatic hydroxyl groups is 1. The molecule has 0 aromatic rings. The van der Waals surface area contributed by atoms with Crippen molar-refractivity contribution < 1.29 is 24.2 Å². The fourth-order valence-electron chi connectivity index (χ4n) is 12.1. The number of methoxy groups -OCH3 is 1. The molecule has 0 radical (unpaired) electrons. The summed E-state index contributed by atoms with van der Waals surface area (Å²) in [4.78, 5) is 25.7. The molecule has 0 amide bonds. The third-order valence-corrected chi connectivity index (χ3v) is 14.3. The molecule has 216 valence electrons. The minimum Gasteiger partial charge on any atom is -0.466 e. The summed E-state index contributed by atoms with van der Waals surface area (Å²) in [5.74, 6) is 2.44. The Bertz CT molecular complexity index is 957. The van der Waals surface area contributed by atoms with Crippen LogP contribution in [0, 0.1) is 62.6 Å². The second-order valence-electron chi connectivity index (χ2n) is 15.8. The van der Waals surface area contributed by atoms with Crippen molar-refractivity contribution in [1.82, 2.24) is 0 Å². The lowest BCUT2D eigenvalue weighted by Gasteiger charge is -2.72. The number of hydrogen-bond donors (Lipinski definition) is 1. The van der Waals surface area contributed by atoms with Crippen LogP contribution < -0.4 is 0 Å². The predicted molar refractivity (Wildman–Crippen MR) is 148 cm³/mol. The Labute approximate surface area is 231 Å². The number of esters is 2. The van der Waals surface area contributed by atoms with Crippen LogP contribution in [0.2, 0.25) is 0 Å². The lowest BCUT2D eigenvalue weighted by atomic mass is 9.32. The quantitative estimate of drug-likeness (QED) is 0.405. The Morgan fingerprint density at radius 3 is 2.21 bits per heavy atom. The molecule has 10 atom stereocenters. The van der Waals surface area contributed by atoms with Gasteiger partial charge in [-0.15, -0.1) is 0 Å². The maximum absolute atomic E-state index is 13.8. The van der Waals surface area contributed by atoms with Gasteiger partial charge in [-0.2, -0.15) is 0 Å². The molecule has 38 heavy (non-hydrogen) atoms. The molecule has 5 rings (SSSR count). The van der Waals surface area contributed by atoms with Gasteiger partial charge >= 0.3 is 11.9 Å². The summed E-state index contributed by atoms with van der Waals surface area (Å²) in [6, 6.07) is 0. The third kappa shape index (κ3) is 3.64. The molecule has 4 unspecified atom stereocenters. The van der Waals surface area contributed by atoms with E-state index in [1.165, 1.54) is 32.8 Å². The Hall–Kier alpha value is -1.10. The molecule has 5 nitrogen and oxygen atoms in total. The van der Waals surface area contributed by atoms with Crippen molar-refractivity contribution in [2.24, 2.45) is 62.6 Å². The smallest absolute Gasteiger partial charge is 0.344 e. The van der Waals surface area contributed by atoms with E-state index in [4.69, 9.17) is 9.47 Å². The van der Waals surface area contributed by atoms with Crippen molar-refractivity contribution in [3.63, 3.8) is 0 Å². The largest absolute Gasteiger partial charge is 0.466 e. The van der Waals surface area contributed by atoms with E-state index in [1.54, 1.807) is 0 Å². The minimum absolute atomic E-state index is 0.0363. The molecule has 5 heteroatoms. The molecule has 5 fully saturated rings. The van der Waals surface area contributed by atoms with Crippen LogP contribution in [0.1, 0.15) is 113 Å². The van der Waals surface area contributed by atoms with Gasteiger partial charge in [0.1, 0.15) is 0 Å². The van der Waals surface area contributed by atoms with Gasteiger partial charge in [0.05, 0.1) is 18.6 Å². The summed E-state index contributed by atoms with van der Waals surface area (Å²) in [5, 5.41) is 11.0. The van der Waals surface area contributed by atoms with Gasteiger partial charge < -0.3 is 14.6 Å². The second kappa shape index (κ2) is 9.21. The zero-order valence-electron chi connectivity index (χ0n) is 25.4. The van der Waals surface area contributed by atoms with Crippen molar-refractivity contribution in [2.45, 2.75) is 119 Å². The van der Waals surface area contributed by atoms with Crippen LogP contribution >= 0.6 is 0 Å². The predicted octanol–water partition coefficient (Wildman–Crippen LogP) is 6.80. The van der Waals surface area contributed by atoms with E-state index in [2.05, 4.69) is 48.5 Å². The first kappa shape index (κ1) is 28.4. The summed E-state index contributed by atoms with van der Waals surface area (Å²) < 4.78 is 10.5. The Balaban J connectivity index is 1.50. The molecule has 0 aliphatic heterocycles. The highest BCUT2D eigenvalue weighted by atomic mass is 16.6. The number of carbonyl (C=O) groups excluding carboxylic acids is 2. The van der Waals surface area contributed by atoms with Gasteiger partial charge in [-0.1, -0.05) is 48.5 Å². The van der Waals surface area contributed by atoms with Gasteiger partial charge in [0.2, 0.25) is 0 Å². The summed E-state index contributed by atoms with van der Waals surface area (Å²) in [7, 11) is 1.34. The maximum Gasteiger partial charge on any atom is 0.344 e. The molecule has 0 aromatic heterocycles. The van der Waals surface area contributed by atoms with E-state index < -0.39 is 11.4 Å². The van der Waals surface area contributed by atoms with Gasteiger partial charge in [-0.05, 0) is 121 Å². The van der Waals surface area contributed by atoms with Crippen LogP contribution in [0.5, 0.6) is 0 Å². The van der Waals surface area contributed by atoms with E-state index in [-0.39, 0.29) is 40.3 Å². The highest BCUT2D eigenvalue weighted by Gasteiger charge is 2.72. The van der Waals surface area contributed by atoms with Crippen molar-refractivity contribution in [2.75, 3.05) is 13.7 Å². The molecule has 5 aliphatic carbocycles. The van der Waals surface area contributed by atoms with Gasteiger partial charge in [0, 0.05) is 0 Å².